The van der Waals surface area contributed by atoms with Crippen molar-refractivity contribution in [2.45, 2.75) is 16.1 Å². The van der Waals surface area contributed by atoms with Crippen molar-refractivity contribution < 1.29 is 33.3 Å². The summed E-state index contributed by atoms with van der Waals surface area (Å²) >= 11 is 2.35. The van der Waals surface area contributed by atoms with Gasteiger partial charge in [0.25, 0.3) is 5.78 Å². The molecule has 1 aromatic heterocycles. The molecule has 1 fully saturated rings. The lowest BCUT2D eigenvalue weighted by molar-refractivity contribution is -0.132. The number of ketones is 1. The van der Waals surface area contributed by atoms with Crippen LogP contribution in [-0.4, -0.2) is 46.8 Å². The van der Waals surface area contributed by atoms with Crippen LogP contribution in [0.2, 0.25) is 0 Å². The number of rotatable bonds is 9. The Balaban J connectivity index is 1.40. The van der Waals surface area contributed by atoms with Crippen molar-refractivity contribution in [3.63, 3.8) is 0 Å². The highest BCUT2D eigenvalue weighted by Gasteiger charge is 2.48. The summed E-state index contributed by atoms with van der Waals surface area (Å²) in [6.45, 7) is 4.66. The van der Waals surface area contributed by atoms with Crippen LogP contribution in [0.5, 0.6) is 17.2 Å². The van der Waals surface area contributed by atoms with Gasteiger partial charge in [0.05, 0.1) is 11.6 Å². The van der Waals surface area contributed by atoms with E-state index in [9.17, 15) is 19.1 Å². The van der Waals surface area contributed by atoms with Crippen molar-refractivity contribution in [1.29, 1.82) is 0 Å². The van der Waals surface area contributed by atoms with E-state index in [2.05, 4.69) is 16.8 Å². The Labute approximate surface area is 254 Å². The lowest BCUT2D eigenvalue weighted by atomic mass is 9.95. The third kappa shape index (κ3) is 5.71. The van der Waals surface area contributed by atoms with E-state index >= 15 is 0 Å². The van der Waals surface area contributed by atoms with Crippen molar-refractivity contribution >= 4 is 45.7 Å². The second-order valence-electron chi connectivity index (χ2n) is 9.43. The number of fused-ring (bicyclic) bond motifs is 1. The number of amides is 1. The van der Waals surface area contributed by atoms with Crippen LogP contribution in [0.4, 0.5) is 9.52 Å². The lowest BCUT2D eigenvalue weighted by Crippen LogP contribution is -2.29. The second-order valence-corrected chi connectivity index (χ2v) is 11.6. The molecule has 1 amide bonds. The van der Waals surface area contributed by atoms with E-state index in [1.54, 1.807) is 66.7 Å². The van der Waals surface area contributed by atoms with Crippen molar-refractivity contribution in [3.8, 4) is 17.2 Å². The van der Waals surface area contributed by atoms with E-state index in [0.29, 0.717) is 51.7 Å². The van der Waals surface area contributed by atoms with Crippen LogP contribution < -0.4 is 19.1 Å². The number of hydrogen-bond donors (Lipinski definition) is 1. The molecular formula is C31H24FN3O6S2. The third-order valence-corrected chi connectivity index (χ3v) is 8.82. The molecule has 43 heavy (non-hydrogen) atoms. The Morgan fingerprint density at radius 1 is 1.09 bits per heavy atom. The second kappa shape index (κ2) is 12.3. The minimum absolute atomic E-state index is 0.127. The summed E-state index contributed by atoms with van der Waals surface area (Å²) < 4.78 is 31.6. The summed E-state index contributed by atoms with van der Waals surface area (Å²) in [7, 11) is 0. The fourth-order valence-corrected chi connectivity index (χ4v) is 6.59. The summed E-state index contributed by atoms with van der Waals surface area (Å²) in [4.78, 5) is 28.4. The standard InChI is InChI=1S/C31H24FN3O6S2/c1-2-12-39-21-8-5-7-18(15-21)26-25(27(36)19-10-11-23-24(16-19)41-14-13-40-23)28(37)29(38)35(26)30-33-34-31(43-30)42-17-20-6-3-4-9-22(20)32/h2-11,15-16,26,36H,1,12-14,17H2. The molecule has 1 N–H and O–H groups in total. The predicted octanol–water partition coefficient (Wildman–Crippen LogP) is 5.93. The van der Waals surface area contributed by atoms with Gasteiger partial charge in [-0.15, -0.1) is 10.2 Å². The molecule has 3 aromatic carbocycles. The average molecular weight is 618 g/mol. The number of aliphatic hydroxyl groups is 1. The predicted molar refractivity (Wildman–Crippen MR) is 160 cm³/mol. The summed E-state index contributed by atoms with van der Waals surface area (Å²) in [6, 6.07) is 17.1. The molecule has 1 saturated heterocycles. The van der Waals surface area contributed by atoms with Gasteiger partial charge in [-0.3, -0.25) is 14.5 Å². The highest BCUT2D eigenvalue weighted by Crippen LogP contribution is 2.45. The van der Waals surface area contributed by atoms with Gasteiger partial charge in [0.15, 0.2) is 15.8 Å². The number of benzene rings is 3. The Bertz CT molecular complexity index is 1760. The van der Waals surface area contributed by atoms with Crippen LogP contribution in [-0.2, 0) is 15.3 Å². The van der Waals surface area contributed by atoms with Gasteiger partial charge in [-0.2, -0.15) is 0 Å². The summed E-state index contributed by atoms with van der Waals surface area (Å²) in [6.07, 6.45) is 1.60. The fraction of sp³-hybridized carbons (Fsp3) is 0.161. The van der Waals surface area contributed by atoms with Crippen molar-refractivity contribution in [3.05, 3.63) is 107 Å². The quantitative estimate of drug-likeness (QED) is 0.0610. The van der Waals surface area contributed by atoms with Crippen LogP contribution in [0.3, 0.4) is 0 Å². The maximum absolute atomic E-state index is 14.1. The Morgan fingerprint density at radius 2 is 1.91 bits per heavy atom. The molecule has 1 atom stereocenters. The molecular weight excluding hydrogens is 593 g/mol. The number of aliphatic hydroxyl groups excluding tert-OH is 1. The first-order valence-electron chi connectivity index (χ1n) is 13.2. The smallest absolute Gasteiger partial charge is 0.301 e. The van der Waals surface area contributed by atoms with E-state index in [1.165, 1.54) is 22.7 Å². The molecule has 9 nitrogen and oxygen atoms in total. The third-order valence-electron chi connectivity index (χ3n) is 6.71. The van der Waals surface area contributed by atoms with Gasteiger partial charge in [-0.1, -0.05) is 66.1 Å². The van der Waals surface area contributed by atoms with E-state index in [4.69, 9.17) is 14.2 Å². The van der Waals surface area contributed by atoms with Gasteiger partial charge < -0.3 is 19.3 Å². The SMILES string of the molecule is C=CCOc1cccc(C2C(=C(O)c3ccc4c(c3)OCCO4)C(=O)C(=O)N2c2nnc(SCc3ccccc3F)s2)c1. The number of aromatic nitrogens is 2. The molecule has 6 rings (SSSR count). The highest BCUT2D eigenvalue weighted by molar-refractivity contribution is 8.00. The first kappa shape index (κ1) is 28.4. The fourth-order valence-electron chi connectivity index (χ4n) is 4.73. The van der Waals surface area contributed by atoms with Gasteiger partial charge >= 0.3 is 5.91 Å². The number of thioether (sulfide) groups is 1. The van der Waals surface area contributed by atoms with Gasteiger partial charge in [-0.25, -0.2) is 4.39 Å². The van der Waals surface area contributed by atoms with Gasteiger partial charge in [-0.05, 0) is 47.5 Å². The highest BCUT2D eigenvalue weighted by atomic mass is 32.2. The molecule has 218 valence electrons. The molecule has 0 bridgehead atoms. The van der Waals surface area contributed by atoms with Crippen molar-refractivity contribution in [1.82, 2.24) is 10.2 Å². The number of carbonyl (C=O) groups excluding carboxylic acids is 2. The maximum atomic E-state index is 14.1. The lowest BCUT2D eigenvalue weighted by Gasteiger charge is -2.23. The van der Waals surface area contributed by atoms with Gasteiger partial charge in [0.1, 0.15) is 37.1 Å². The minimum atomic E-state index is -1.04. The van der Waals surface area contributed by atoms with Crippen LogP contribution in [0.15, 0.2) is 89.3 Å². The van der Waals surface area contributed by atoms with Gasteiger partial charge in [0.2, 0.25) is 5.13 Å². The molecule has 2 aliphatic heterocycles. The van der Waals surface area contributed by atoms with Crippen LogP contribution in [0.25, 0.3) is 5.76 Å². The molecule has 3 heterocycles. The summed E-state index contributed by atoms with van der Waals surface area (Å²) in [5.74, 6) is -0.740. The molecule has 2 aliphatic rings. The van der Waals surface area contributed by atoms with E-state index in [-0.39, 0.29) is 34.5 Å². The Hall–Kier alpha value is -4.68. The first-order valence-corrected chi connectivity index (χ1v) is 15.0. The number of anilines is 1. The zero-order chi connectivity index (χ0) is 29.9. The van der Waals surface area contributed by atoms with E-state index in [1.807, 2.05) is 0 Å². The Morgan fingerprint density at radius 3 is 2.72 bits per heavy atom. The first-order chi connectivity index (χ1) is 20.9. The van der Waals surface area contributed by atoms with E-state index < -0.39 is 17.7 Å². The van der Waals surface area contributed by atoms with E-state index in [0.717, 1.165) is 11.3 Å². The molecule has 12 heteroatoms. The number of Topliss-reactive ketones (excluding diaryl/α,β-unsaturated/α-hetero) is 1. The summed E-state index contributed by atoms with van der Waals surface area (Å²) in [5, 5.41) is 20.1. The largest absolute Gasteiger partial charge is 0.507 e. The number of halogens is 1. The maximum Gasteiger partial charge on any atom is 0.301 e. The molecule has 4 aromatic rings. The zero-order valence-electron chi connectivity index (χ0n) is 22.6. The van der Waals surface area contributed by atoms with Crippen molar-refractivity contribution in [2.75, 3.05) is 24.7 Å². The number of nitrogens with zero attached hydrogens (tertiary/aromatic N) is 3. The average Bonchev–Trinajstić information content (AvgIpc) is 3.60. The molecule has 0 aliphatic carbocycles. The Kier molecular flexibility index (Phi) is 8.12. The summed E-state index contributed by atoms with van der Waals surface area (Å²) in [5.41, 5.74) is 1.17. The molecule has 0 spiro atoms. The van der Waals surface area contributed by atoms with Crippen molar-refractivity contribution in [2.24, 2.45) is 0 Å². The van der Waals surface area contributed by atoms with Crippen LogP contribution in [0.1, 0.15) is 22.7 Å². The number of hydrogen-bond acceptors (Lipinski definition) is 10. The molecule has 1 unspecified atom stereocenters. The van der Waals surface area contributed by atoms with Crippen LogP contribution in [0, 0.1) is 5.82 Å². The molecule has 0 radical (unpaired) electrons. The normalized spacial score (nSPS) is 17.2. The minimum Gasteiger partial charge on any atom is -0.507 e. The topological polar surface area (TPSA) is 111 Å². The number of carbonyl (C=O) groups is 2. The molecule has 0 saturated carbocycles. The number of ether oxygens (including phenoxy) is 3. The zero-order valence-corrected chi connectivity index (χ0v) is 24.2. The van der Waals surface area contributed by atoms with Gasteiger partial charge in [0, 0.05) is 11.3 Å². The van der Waals surface area contributed by atoms with Crippen LogP contribution >= 0.6 is 23.1 Å². The monoisotopic (exact) mass is 617 g/mol.